The molecular weight excluding hydrogens is 351 g/mol. The van der Waals surface area contributed by atoms with Crippen molar-refractivity contribution < 1.29 is 8.81 Å². The van der Waals surface area contributed by atoms with Crippen LogP contribution in [0.4, 0.5) is 4.39 Å². The number of benzene rings is 1. The van der Waals surface area contributed by atoms with Crippen molar-refractivity contribution in [1.29, 1.82) is 0 Å². The molecule has 2 aromatic heterocycles. The predicted molar refractivity (Wildman–Crippen MR) is 103 cm³/mol. The van der Waals surface area contributed by atoms with Crippen molar-refractivity contribution in [3.63, 3.8) is 0 Å². The van der Waals surface area contributed by atoms with E-state index in [0.717, 1.165) is 23.8 Å². The quantitative estimate of drug-likeness (QED) is 0.489. The van der Waals surface area contributed by atoms with Gasteiger partial charge in [0.2, 0.25) is 5.89 Å². The van der Waals surface area contributed by atoms with Crippen molar-refractivity contribution in [1.82, 2.24) is 15.6 Å². The first-order chi connectivity index (χ1) is 12.7. The van der Waals surface area contributed by atoms with E-state index in [9.17, 15) is 4.39 Å². The second-order valence-electron chi connectivity index (χ2n) is 5.65. The Hall–Kier alpha value is -2.67. The highest BCUT2D eigenvalue weighted by Crippen LogP contribution is 2.18. The standard InChI is InChI=1S/C19H21FN4OS/c1-2-21-19(23-11-14-8-10-26-13-14)22-9-7-17-12-25-18(24-17)15-3-5-16(20)6-4-15/h3-6,8,10,12-13H,2,7,9,11H2,1H3,(H2,21,22,23). The lowest BCUT2D eigenvalue weighted by molar-refractivity contribution is 0.571. The van der Waals surface area contributed by atoms with E-state index < -0.39 is 0 Å². The third-order valence-electron chi connectivity index (χ3n) is 3.66. The number of hydrogen-bond donors (Lipinski definition) is 2. The van der Waals surface area contributed by atoms with E-state index in [0.29, 0.717) is 25.4 Å². The van der Waals surface area contributed by atoms with Crippen LogP contribution in [0, 0.1) is 5.82 Å². The summed E-state index contributed by atoms with van der Waals surface area (Å²) in [6.07, 6.45) is 2.34. The van der Waals surface area contributed by atoms with Crippen LogP contribution >= 0.6 is 11.3 Å². The average Bonchev–Trinajstić information content (AvgIpc) is 3.32. The van der Waals surface area contributed by atoms with Crippen molar-refractivity contribution in [3.8, 4) is 11.5 Å². The highest BCUT2D eigenvalue weighted by Gasteiger charge is 2.07. The maximum atomic E-state index is 13.0. The topological polar surface area (TPSA) is 62.5 Å². The molecule has 0 unspecified atom stereocenters. The first-order valence-corrected chi connectivity index (χ1v) is 9.42. The van der Waals surface area contributed by atoms with Crippen molar-refractivity contribution >= 4 is 17.3 Å². The summed E-state index contributed by atoms with van der Waals surface area (Å²) >= 11 is 1.67. The molecular formula is C19H21FN4OS. The van der Waals surface area contributed by atoms with Crippen LogP contribution in [0.5, 0.6) is 0 Å². The number of rotatable bonds is 7. The molecule has 0 atom stereocenters. The van der Waals surface area contributed by atoms with Crippen LogP contribution in [0.15, 0.2) is 56.8 Å². The molecule has 0 fully saturated rings. The molecule has 0 saturated heterocycles. The van der Waals surface area contributed by atoms with Gasteiger partial charge in [0.15, 0.2) is 5.96 Å². The van der Waals surface area contributed by atoms with Gasteiger partial charge in [-0.1, -0.05) is 0 Å². The normalized spacial score (nSPS) is 11.5. The Balaban J connectivity index is 1.53. The molecule has 0 spiro atoms. The molecule has 1 aromatic carbocycles. The van der Waals surface area contributed by atoms with Gasteiger partial charge in [-0.05, 0) is 53.6 Å². The Morgan fingerprint density at radius 1 is 1.23 bits per heavy atom. The van der Waals surface area contributed by atoms with E-state index in [1.807, 2.05) is 6.92 Å². The highest BCUT2D eigenvalue weighted by molar-refractivity contribution is 7.07. The third-order valence-corrected chi connectivity index (χ3v) is 4.39. The van der Waals surface area contributed by atoms with Crippen LogP contribution in [0.3, 0.4) is 0 Å². The van der Waals surface area contributed by atoms with Crippen molar-refractivity contribution in [2.24, 2.45) is 4.99 Å². The number of aromatic nitrogens is 1. The summed E-state index contributed by atoms with van der Waals surface area (Å²) in [6.45, 7) is 4.17. The first-order valence-electron chi connectivity index (χ1n) is 8.48. The molecule has 26 heavy (non-hydrogen) atoms. The Bertz CT molecular complexity index is 828. The summed E-state index contributed by atoms with van der Waals surface area (Å²) in [5.41, 5.74) is 2.80. The van der Waals surface area contributed by atoms with Crippen LogP contribution in [-0.2, 0) is 13.0 Å². The minimum atomic E-state index is -0.276. The number of hydrogen-bond acceptors (Lipinski definition) is 4. The van der Waals surface area contributed by atoms with E-state index in [4.69, 9.17) is 4.42 Å². The van der Waals surface area contributed by atoms with E-state index in [-0.39, 0.29) is 5.82 Å². The van der Waals surface area contributed by atoms with Gasteiger partial charge < -0.3 is 15.1 Å². The Morgan fingerprint density at radius 3 is 2.81 bits per heavy atom. The Labute approximate surface area is 156 Å². The summed E-state index contributed by atoms with van der Waals surface area (Å²) in [4.78, 5) is 9.02. The maximum Gasteiger partial charge on any atom is 0.226 e. The van der Waals surface area contributed by atoms with E-state index in [1.165, 1.54) is 17.7 Å². The molecule has 3 aromatic rings. The molecule has 0 amide bonds. The third kappa shape index (κ3) is 5.16. The summed E-state index contributed by atoms with van der Waals surface area (Å²) in [5.74, 6) is 1.00. The molecule has 0 saturated carbocycles. The van der Waals surface area contributed by atoms with Crippen molar-refractivity contribution in [2.75, 3.05) is 13.1 Å². The van der Waals surface area contributed by atoms with Crippen LogP contribution in [0.25, 0.3) is 11.5 Å². The predicted octanol–water partition coefficient (Wildman–Crippen LogP) is 3.84. The summed E-state index contributed by atoms with van der Waals surface area (Å²) in [6, 6.07) is 8.18. The van der Waals surface area contributed by atoms with E-state index in [1.54, 1.807) is 29.7 Å². The lowest BCUT2D eigenvalue weighted by Gasteiger charge is -2.10. The largest absolute Gasteiger partial charge is 0.444 e. The van der Waals surface area contributed by atoms with Gasteiger partial charge in [-0.2, -0.15) is 11.3 Å². The summed E-state index contributed by atoms with van der Waals surface area (Å²) < 4.78 is 18.5. The number of aliphatic imine (C=N–C) groups is 1. The Morgan fingerprint density at radius 2 is 2.08 bits per heavy atom. The number of nitrogens with one attached hydrogen (secondary N) is 2. The zero-order valence-corrected chi connectivity index (χ0v) is 15.4. The fraction of sp³-hybridized carbons (Fsp3) is 0.263. The fourth-order valence-electron chi connectivity index (χ4n) is 2.35. The van der Waals surface area contributed by atoms with Gasteiger partial charge in [0.1, 0.15) is 12.1 Å². The lowest BCUT2D eigenvalue weighted by Crippen LogP contribution is -2.38. The van der Waals surface area contributed by atoms with Gasteiger partial charge in [0.25, 0.3) is 0 Å². The zero-order chi connectivity index (χ0) is 18.2. The molecule has 2 heterocycles. The van der Waals surface area contributed by atoms with Crippen molar-refractivity contribution in [2.45, 2.75) is 19.9 Å². The van der Waals surface area contributed by atoms with Crippen LogP contribution in [0.1, 0.15) is 18.2 Å². The fourth-order valence-corrected chi connectivity index (χ4v) is 3.01. The van der Waals surface area contributed by atoms with E-state index >= 15 is 0 Å². The minimum Gasteiger partial charge on any atom is -0.444 e. The number of nitrogens with zero attached hydrogens (tertiary/aromatic N) is 2. The number of oxazole rings is 1. The minimum absolute atomic E-state index is 0.276. The molecule has 136 valence electrons. The molecule has 0 bridgehead atoms. The van der Waals surface area contributed by atoms with E-state index in [2.05, 4.69) is 37.4 Å². The molecule has 2 N–H and O–H groups in total. The van der Waals surface area contributed by atoms with Gasteiger partial charge in [-0.3, -0.25) is 0 Å². The SMILES string of the molecule is CCNC(=NCc1ccsc1)NCCc1coc(-c2ccc(F)cc2)n1. The number of halogens is 1. The molecule has 0 radical (unpaired) electrons. The summed E-state index contributed by atoms with van der Waals surface area (Å²) in [7, 11) is 0. The lowest BCUT2D eigenvalue weighted by atomic mass is 10.2. The maximum absolute atomic E-state index is 13.0. The monoisotopic (exact) mass is 372 g/mol. The highest BCUT2D eigenvalue weighted by atomic mass is 32.1. The average molecular weight is 372 g/mol. The molecule has 5 nitrogen and oxygen atoms in total. The summed E-state index contributed by atoms with van der Waals surface area (Å²) in [5, 5.41) is 10.7. The molecule has 0 aliphatic heterocycles. The van der Waals surface area contributed by atoms with Crippen LogP contribution < -0.4 is 10.6 Å². The number of guanidine groups is 1. The zero-order valence-electron chi connectivity index (χ0n) is 14.5. The number of thiophene rings is 1. The van der Waals surface area contributed by atoms with Crippen LogP contribution in [0.2, 0.25) is 0 Å². The molecule has 7 heteroatoms. The smallest absolute Gasteiger partial charge is 0.226 e. The van der Waals surface area contributed by atoms with Crippen molar-refractivity contribution in [3.05, 3.63) is 64.4 Å². The molecule has 3 rings (SSSR count). The van der Waals surface area contributed by atoms with Gasteiger partial charge in [0, 0.05) is 25.1 Å². The molecule has 0 aliphatic carbocycles. The van der Waals surface area contributed by atoms with Gasteiger partial charge in [-0.15, -0.1) is 0 Å². The first kappa shape index (κ1) is 18.1. The van der Waals surface area contributed by atoms with Gasteiger partial charge in [-0.25, -0.2) is 14.4 Å². The van der Waals surface area contributed by atoms with Gasteiger partial charge >= 0.3 is 0 Å². The second-order valence-corrected chi connectivity index (χ2v) is 6.43. The molecule has 0 aliphatic rings. The Kier molecular flexibility index (Phi) is 6.38. The van der Waals surface area contributed by atoms with Crippen LogP contribution in [-0.4, -0.2) is 24.0 Å². The second kappa shape index (κ2) is 9.15. The van der Waals surface area contributed by atoms with Gasteiger partial charge in [0.05, 0.1) is 12.2 Å².